The number of aliphatic carboxylic acids is 1. The number of methoxy groups -OCH3 is 2. The van der Waals surface area contributed by atoms with Gasteiger partial charge in [-0.15, -0.1) is 0 Å². The Kier molecular flexibility index (Phi) is 6.82. The predicted octanol–water partition coefficient (Wildman–Crippen LogP) is 1.81. The van der Waals surface area contributed by atoms with Crippen LogP contribution in [0.2, 0.25) is 0 Å². The first-order valence-corrected chi connectivity index (χ1v) is 8.04. The minimum atomic E-state index is -1.03. The van der Waals surface area contributed by atoms with Crippen LogP contribution in [-0.2, 0) is 14.3 Å². The zero-order valence-corrected chi connectivity index (χ0v) is 14.4. The summed E-state index contributed by atoms with van der Waals surface area (Å²) >= 11 is 0. The largest absolute Gasteiger partial charge is 0.497 e. The van der Waals surface area contributed by atoms with Crippen molar-refractivity contribution in [2.24, 2.45) is 0 Å². The van der Waals surface area contributed by atoms with Gasteiger partial charge in [-0.25, -0.2) is 0 Å². The third-order valence-corrected chi connectivity index (χ3v) is 4.01. The van der Waals surface area contributed by atoms with E-state index in [1.807, 2.05) is 0 Å². The second-order valence-electron chi connectivity index (χ2n) is 5.68. The maximum Gasteiger partial charge on any atom is 0.323 e. The van der Waals surface area contributed by atoms with E-state index in [1.54, 1.807) is 38.5 Å². The predicted molar refractivity (Wildman–Crippen MR) is 91.8 cm³/mol. The summed E-state index contributed by atoms with van der Waals surface area (Å²) in [5.74, 6) is -0.149. The fraction of sp³-hybridized carbons (Fsp3) is 0.444. The van der Waals surface area contributed by atoms with Crippen LogP contribution in [-0.4, -0.2) is 61.9 Å². The van der Waals surface area contributed by atoms with E-state index in [0.717, 1.165) is 5.56 Å². The van der Waals surface area contributed by atoms with Gasteiger partial charge in [0.25, 0.3) is 0 Å². The van der Waals surface area contributed by atoms with E-state index in [4.69, 9.17) is 19.3 Å². The average molecular weight is 349 g/mol. The molecule has 0 radical (unpaired) electrons. The van der Waals surface area contributed by atoms with Crippen LogP contribution in [0.3, 0.4) is 0 Å². The SMILES string of the molecule is COc1cc(/C=C\C(=O)N(CC(=O)O)C2CCOCC2)cc(OC)c1. The molecule has 1 aliphatic rings. The Bertz CT molecular complexity index is 614. The van der Waals surface area contributed by atoms with Crippen molar-refractivity contribution < 1.29 is 28.9 Å². The van der Waals surface area contributed by atoms with Crippen LogP contribution < -0.4 is 9.47 Å². The van der Waals surface area contributed by atoms with Gasteiger partial charge in [0.2, 0.25) is 5.91 Å². The summed E-state index contributed by atoms with van der Waals surface area (Å²) in [6.45, 7) is 0.741. The van der Waals surface area contributed by atoms with Crippen molar-refractivity contribution in [2.45, 2.75) is 18.9 Å². The molecule has 0 bridgehead atoms. The summed E-state index contributed by atoms with van der Waals surface area (Å²) in [4.78, 5) is 25.0. The molecule has 136 valence electrons. The molecule has 25 heavy (non-hydrogen) atoms. The molecule has 1 N–H and O–H groups in total. The summed E-state index contributed by atoms with van der Waals surface area (Å²) in [7, 11) is 3.10. The lowest BCUT2D eigenvalue weighted by atomic mass is 10.1. The fourth-order valence-corrected chi connectivity index (χ4v) is 2.72. The smallest absolute Gasteiger partial charge is 0.323 e. The van der Waals surface area contributed by atoms with E-state index >= 15 is 0 Å². The van der Waals surface area contributed by atoms with E-state index in [9.17, 15) is 9.59 Å². The highest BCUT2D eigenvalue weighted by atomic mass is 16.5. The average Bonchev–Trinajstić information content (AvgIpc) is 2.64. The lowest BCUT2D eigenvalue weighted by Gasteiger charge is -2.32. The normalized spacial score (nSPS) is 15.1. The summed E-state index contributed by atoms with van der Waals surface area (Å²) in [6, 6.07) is 5.14. The van der Waals surface area contributed by atoms with Crippen molar-refractivity contribution in [1.29, 1.82) is 0 Å². The van der Waals surface area contributed by atoms with Gasteiger partial charge in [0.1, 0.15) is 18.0 Å². The van der Waals surface area contributed by atoms with Gasteiger partial charge in [-0.05, 0) is 36.6 Å². The molecule has 1 fully saturated rings. The number of carbonyl (C=O) groups excluding carboxylic acids is 1. The maximum absolute atomic E-state index is 12.5. The zero-order valence-electron chi connectivity index (χ0n) is 14.4. The molecule has 1 aliphatic heterocycles. The molecule has 0 saturated carbocycles. The molecule has 0 aliphatic carbocycles. The van der Waals surface area contributed by atoms with E-state index in [2.05, 4.69) is 0 Å². The topological polar surface area (TPSA) is 85.3 Å². The summed E-state index contributed by atoms with van der Waals surface area (Å²) in [6.07, 6.45) is 4.29. The molecule has 0 unspecified atom stereocenters. The molecule has 1 amide bonds. The van der Waals surface area contributed by atoms with Crippen LogP contribution >= 0.6 is 0 Å². The molecular weight excluding hydrogens is 326 g/mol. The van der Waals surface area contributed by atoms with Crippen molar-refractivity contribution in [1.82, 2.24) is 4.90 Å². The molecular formula is C18H23NO6. The summed E-state index contributed by atoms with van der Waals surface area (Å²) < 4.78 is 15.7. The lowest BCUT2D eigenvalue weighted by Crippen LogP contribution is -2.45. The van der Waals surface area contributed by atoms with E-state index in [-0.39, 0.29) is 18.5 Å². The van der Waals surface area contributed by atoms with Crippen molar-refractivity contribution in [3.8, 4) is 11.5 Å². The van der Waals surface area contributed by atoms with E-state index in [1.165, 1.54) is 11.0 Å². The zero-order chi connectivity index (χ0) is 18.2. The highest BCUT2D eigenvalue weighted by Gasteiger charge is 2.26. The van der Waals surface area contributed by atoms with Gasteiger partial charge in [0, 0.05) is 31.4 Å². The third-order valence-electron chi connectivity index (χ3n) is 4.01. The molecule has 0 atom stereocenters. The van der Waals surface area contributed by atoms with E-state index < -0.39 is 5.97 Å². The van der Waals surface area contributed by atoms with Gasteiger partial charge < -0.3 is 24.2 Å². The van der Waals surface area contributed by atoms with Gasteiger partial charge >= 0.3 is 5.97 Å². The van der Waals surface area contributed by atoms with Crippen LogP contribution in [0, 0.1) is 0 Å². The molecule has 0 aromatic heterocycles. The Morgan fingerprint density at radius 1 is 1.20 bits per heavy atom. The van der Waals surface area contributed by atoms with Crippen LogP contribution in [0.5, 0.6) is 11.5 Å². The second-order valence-corrected chi connectivity index (χ2v) is 5.68. The van der Waals surface area contributed by atoms with Gasteiger partial charge in [0.15, 0.2) is 0 Å². The standard InChI is InChI=1S/C18H23NO6/c1-23-15-9-13(10-16(11-15)24-2)3-4-17(20)19(12-18(21)22)14-5-7-25-8-6-14/h3-4,9-11,14H,5-8,12H2,1-2H3,(H,21,22)/b4-3-. The summed E-state index contributed by atoms with van der Waals surface area (Å²) in [5.41, 5.74) is 0.729. The lowest BCUT2D eigenvalue weighted by molar-refractivity contribution is -0.145. The van der Waals surface area contributed by atoms with Crippen LogP contribution in [0.4, 0.5) is 0 Å². The van der Waals surface area contributed by atoms with Crippen LogP contribution in [0.25, 0.3) is 6.08 Å². The first-order valence-electron chi connectivity index (χ1n) is 8.04. The number of amides is 1. The van der Waals surface area contributed by atoms with Crippen LogP contribution in [0.1, 0.15) is 18.4 Å². The van der Waals surface area contributed by atoms with Gasteiger partial charge in [-0.3, -0.25) is 9.59 Å². The van der Waals surface area contributed by atoms with Gasteiger partial charge in [-0.2, -0.15) is 0 Å². The minimum Gasteiger partial charge on any atom is -0.497 e. The van der Waals surface area contributed by atoms with Gasteiger partial charge in [0.05, 0.1) is 14.2 Å². The van der Waals surface area contributed by atoms with Gasteiger partial charge in [-0.1, -0.05) is 0 Å². The Morgan fingerprint density at radius 3 is 2.32 bits per heavy atom. The number of hydrogen-bond donors (Lipinski definition) is 1. The van der Waals surface area contributed by atoms with Crippen molar-refractivity contribution in [3.05, 3.63) is 29.8 Å². The van der Waals surface area contributed by atoms with E-state index in [0.29, 0.717) is 37.6 Å². The number of hydrogen-bond acceptors (Lipinski definition) is 5. The van der Waals surface area contributed by atoms with Crippen molar-refractivity contribution in [3.63, 3.8) is 0 Å². The highest BCUT2D eigenvalue weighted by molar-refractivity contribution is 5.93. The number of rotatable bonds is 7. The highest BCUT2D eigenvalue weighted by Crippen LogP contribution is 2.23. The molecule has 2 rings (SSSR count). The number of ether oxygens (including phenoxy) is 3. The Balaban J connectivity index is 2.16. The monoisotopic (exact) mass is 349 g/mol. The first-order chi connectivity index (χ1) is 12.0. The maximum atomic E-state index is 12.5. The van der Waals surface area contributed by atoms with Crippen molar-refractivity contribution in [2.75, 3.05) is 34.0 Å². The Labute approximate surface area is 146 Å². The number of carboxylic acids is 1. The molecule has 0 spiro atoms. The third kappa shape index (κ3) is 5.49. The quantitative estimate of drug-likeness (QED) is 0.756. The molecule has 7 nitrogen and oxygen atoms in total. The number of carbonyl (C=O) groups is 2. The molecule has 1 aromatic rings. The number of nitrogens with zero attached hydrogens (tertiary/aromatic N) is 1. The van der Waals surface area contributed by atoms with Crippen LogP contribution in [0.15, 0.2) is 24.3 Å². The number of carboxylic acid groups (broad SMARTS) is 1. The first kappa shape index (κ1) is 18.8. The molecule has 1 heterocycles. The van der Waals surface area contributed by atoms with Crippen molar-refractivity contribution >= 4 is 18.0 Å². The minimum absolute atomic E-state index is 0.123. The Hall–Kier alpha value is -2.54. The Morgan fingerprint density at radius 2 is 1.80 bits per heavy atom. The number of benzene rings is 1. The molecule has 7 heteroatoms. The summed E-state index contributed by atoms with van der Waals surface area (Å²) in [5, 5.41) is 9.10. The fourth-order valence-electron chi connectivity index (χ4n) is 2.72. The second kappa shape index (κ2) is 9.08. The molecule has 1 saturated heterocycles. The molecule has 1 aromatic carbocycles.